The number of aryl methyl sites for hydroxylation is 1. The molecular formula is C18H23BrN4O2. The first-order valence-electron chi connectivity index (χ1n) is 8.29. The maximum Gasteiger partial charge on any atom is 0.251 e. The first-order chi connectivity index (χ1) is 12.0. The van der Waals surface area contributed by atoms with Crippen molar-refractivity contribution in [2.45, 2.75) is 32.9 Å². The number of halogens is 1. The van der Waals surface area contributed by atoms with Crippen LogP contribution in [0.4, 0.5) is 0 Å². The van der Waals surface area contributed by atoms with Gasteiger partial charge in [-0.05, 0) is 42.7 Å². The molecule has 0 saturated heterocycles. The Morgan fingerprint density at radius 3 is 2.56 bits per heavy atom. The summed E-state index contributed by atoms with van der Waals surface area (Å²) >= 11 is 3.34. The lowest BCUT2D eigenvalue weighted by Crippen LogP contribution is -2.49. The molecule has 1 atom stereocenters. The van der Waals surface area contributed by atoms with E-state index in [1.165, 1.54) is 0 Å². The lowest BCUT2D eigenvalue weighted by atomic mass is 10.0. The molecule has 2 aromatic rings. The molecule has 0 fully saturated rings. The molecule has 1 aromatic carbocycles. The summed E-state index contributed by atoms with van der Waals surface area (Å²) in [6.45, 7) is 5.10. The molecule has 0 bridgehead atoms. The van der Waals surface area contributed by atoms with E-state index in [0.29, 0.717) is 12.1 Å². The minimum absolute atomic E-state index is 0.00878. The molecule has 0 aliphatic carbocycles. The molecule has 2 amide bonds. The molecule has 6 nitrogen and oxygen atoms in total. The Balaban J connectivity index is 1.84. The molecule has 7 heteroatoms. The third kappa shape index (κ3) is 6.01. The van der Waals surface area contributed by atoms with Crippen molar-refractivity contribution >= 4 is 27.7 Å². The molecule has 0 spiro atoms. The minimum atomic E-state index is -0.569. The van der Waals surface area contributed by atoms with Gasteiger partial charge in [-0.1, -0.05) is 29.8 Å². The summed E-state index contributed by atoms with van der Waals surface area (Å²) in [5.41, 5.74) is 0.528. The zero-order chi connectivity index (χ0) is 18.2. The molecule has 25 heavy (non-hydrogen) atoms. The van der Waals surface area contributed by atoms with Crippen molar-refractivity contribution < 1.29 is 9.59 Å². The van der Waals surface area contributed by atoms with Gasteiger partial charge < -0.3 is 10.6 Å². The second kappa shape index (κ2) is 9.36. The average molecular weight is 407 g/mol. The summed E-state index contributed by atoms with van der Waals surface area (Å²) < 4.78 is 2.72. The third-order valence-corrected chi connectivity index (χ3v) is 4.29. The predicted octanol–water partition coefficient (Wildman–Crippen LogP) is 2.61. The highest BCUT2D eigenvalue weighted by molar-refractivity contribution is 9.10. The quantitative estimate of drug-likeness (QED) is 0.661. The van der Waals surface area contributed by atoms with Crippen LogP contribution >= 0.6 is 15.9 Å². The van der Waals surface area contributed by atoms with E-state index in [9.17, 15) is 9.59 Å². The number of aromatic nitrogens is 2. The zero-order valence-corrected chi connectivity index (χ0v) is 16.0. The second-order valence-corrected chi connectivity index (χ2v) is 7.03. The number of rotatable bonds is 8. The van der Waals surface area contributed by atoms with Crippen LogP contribution in [-0.2, 0) is 11.3 Å². The molecule has 0 saturated carbocycles. The fourth-order valence-corrected chi connectivity index (χ4v) is 2.62. The molecule has 0 unspecified atom stereocenters. The zero-order valence-electron chi connectivity index (χ0n) is 14.4. The van der Waals surface area contributed by atoms with Gasteiger partial charge in [-0.3, -0.25) is 14.3 Å². The topological polar surface area (TPSA) is 76.0 Å². The van der Waals surface area contributed by atoms with Crippen LogP contribution in [0, 0.1) is 5.92 Å². The Labute approximate surface area is 156 Å². The van der Waals surface area contributed by atoms with Crippen LogP contribution in [0.2, 0.25) is 0 Å². The van der Waals surface area contributed by atoms with Gasteiger partial charge in [-0.2, -0.15) is 5.10 Å². The third-order valence-electron chi connectivity index (χ3n) is 3.76. The van der Waals surface area contributed by atoms with Crippen LogP contribution in [0.3, 0.4) is 0 Å². The Morgan fingerprint density at radius 1 is 1.24 bits per heavy atom. The Kier molecular flexibility index (Phi) is 7.18. The van der Waals surface area contributed by atoms with Gasteiger partial charge in [0.05, 0.1) is 0 Å². The van der Waals surface area contributed by atoms with Crippen molar-refractivity contribution in [2.24, 2.45) is 5.92 Å². The summed E-state index contributed by atoms with van der Waals surface area (Å²) in [5.74, 6) is -0.427. The number of amides is 2. The molecule has 134 valence electrons. The van der Waals surface area contributed by atoms with Crippen molar-refractivity contribution in [2.75, 3.05) is 6.54 Å². The normalized spacial score (nSPS) is 12.0. The SMILES string of the molecule is CC(C)[C@H](NC(=O)c1ccc(Br)cc1)C(=O)NCCCn1cccn1. The smallest absolute Gasteiger partial charge is 0.251 e. The largest absolute Gasteiger partial charge is 0.354 e. The van der Waals surface area contributed by atoms with E-state index in [2.05, 4.69) is 31.7 Å². The Morgan fingerprint density at radius 2 is 1.96 bits per heavy atom. The summed E-state index contributed by atoms with van der Waals surface area (Å²) in [5, 5.41) is 9.83. The van der Waals surface area contributed by atoms with E-state index >= 15 is 0 Å². The first kappa shape index (κ1) is 19.2. The van der Waals surface area contributed by atoms with Crippen LogP contribution in [0.25, 0.3) is 0 Å². The molecule has 0 radical (unpaired) electrons. The Bertz CT molecular complexity index is 684. The van der Waals surface area contributed by atoms with Crippen LogP contribution in [0.15, 0.2) is 47.2 Å². The van der Waals surface area contributed by atoms with Crippen molar-refractivity contribution in [3.63, 3.8) is 0 Å². The van der Waals surface area contributed by atoms with Crippen molar-refractivity contribution in [3.8, 4) is 0 Å². The fraction of sp³-hybridized carbons (Fsp3) is 0.389. The van der Waals surface area contributed by atoms with Gasteiger partial charge in [0.15, 0.2) is 0 Å². The van der Waals surface area contributed by atoms with E-state index in [1.54, 1.807) is 30.5 Å². The highest BCUT2D eigenvalue weighted by Crippen LogP contribution is 2.11. The lowest BCUT2D eigenvalue weighted by molar-refractivity contribution is -0.123. The van der Waals surface area contributed by atoms with Crippen LogP contribution in [-0.4, -0.2) is 34.2 Å². The van der Waals surface area contributed by atoms with Gasteiger partial charge in [0, 0.05) is 35.5 Å². The van der Waals surface area contributed by atoms with Crippen molar-refractivity contribution in [1.29, 1.82) is 0 Å². The predicted molar refractivity (Wildman–Crippen MR) is 100 cm³/mol. The van der Waals surface area contributed by atoms with Crippen LogP contribution in [0.5, 0.6) is 0 Å². The summed E-state index contributed by atoms with van der Waals surface area (Å²) in [6.07, 6.45) is 4.39. The van der Waals surface area contributed by atoms with Gasteiger partial charge in [-0.25, -0.2) is 0 Å². The van der Waals surface area contributed by atoms with E-state index in [0.717, 1.165) is 17.4 Å². The van der Waals surface area contributed by atoms with E-state index < -0.39 is 6.04 Å². The highest BCUT2D eigenvalue weighted by Gasteiger charge is 2.24. The van der Waals surface area contributed by atoms with Gasteiger partial charge in [-0.15, -0.1) is 0 Å². The van der Waals surface area contributed by atoms with Gasteiger partial charge in [0.1, 0.15) is 6.04 Å². The van der Waals surface area contributed by atoms with E-state index in [1.807, 2.05) is 30.8 Å². The van der Waals surface area contributed by atoms with Crippen LogP contribution < -0.4 is 10.6 Å². The average Bonchev–Trinajstić information content (AvgIpc) is 3.10. The number of hydrogen-bond acceptors (Lipinski definition) is 3. The molecule has 1 aromatic heterocycles. The standard InChI is InChI=1S/C18H23BrN4O2/c1-13(2)16(22-17(24)14-5-7-15(19)8-6-14)18(25)20-9-3-11-23-12-4-10-21-23/h4-8,10,12-13,16H,3,9,11H2,1-2H3,(H,20,25)(H,22,24)/t16-/m0/s1. The number of carbonyl (C=O) groups is 2. The Hall–Kier alpha value is -2.15. The maximum absolute atomic E-state index is 12.4. The monoisotopic (exact) mass is 406 g/mol. The lowest BCUT2D eigenvalue weighted by Gasteiger charge is -2.21. The van der Waals surface area contributed by atoms with E-state index in [-0.39, 0.29) is 17.7 Å². The first-order valence-corrected chi connectivity index (χ1v) is 9.08. The van der Waals surface area contributed by atoms with Gasteiger partial charge in [0.2, 0.25) is 5.91 Å². The number of nitrogens with one attached hydrogen (secondary N) is 2. The van der Waals surface area contributed by atoms with Gasteiger partial charge >= 0.3 is 0 Å². The second-order valence-electron chi connectivity index (χ2n) is 6.12. The maximum atomic E-state index is 12.4. The van der Waals surface area contributed by atoms with Gasteiger partial charge in [0.25, 0.3) is 5.91 Å². The number of carbonyl (C=O) groups excluding carboxylic acids is 2. The number of benzene rings is 1. The molecular weight excluding hydrogens is 384 g/mol. The summed E-state index contributed by atoms with van der Waals surface area (Å²) in [7, 11) is 0. The van der Waals surface area contributed by atoms with Crippen LogP contribution in [0.1, 0.15) is 30.6 Å². The number of hydrogen-bond donors (Lipinski definition) is 2. The molecule has 0 aliphatic heterocycles. The molecule has 2 rings (SSSR count). The highest BCUT2D eigenvalue weighted by atomic mass is 79.9. The summed E-state index contributed by atoms with van der Waals surface area (Å²) in [4.78, 5) is 24.8. The molecule has 0 aliphatic rings. The van der Waals surface area contributed by atoms with E-state index in [4.69, 9.17) is 0 Å². The number of nitrogens with zero attached hydrogens (tertiary/aromatic N) is 2. The van der Waals surface area contributed by atoms with Crippen molar-refractivity contribution in [3.05, 3.63) is 52.8 Å². The molecule has 1 heterocycles. The van der Waals surface area contributed by atoms with Crippen molar-refractivity contribution in [1.82, 2.24) is 20.4 Å². The summed E-state index contributed by atoms with van der Waals surface area (Å²) in [6, 6.07) is 8.34. The molecule has 2 N–H and O–H groups in total. The fourth-order valence-electron chi connectivity index (χ4n) is 2.36. The minimum Gasteiger partial charge on any atom is -0.354 e.